The van der Waals surface area contributed by atoms with Crippen LogP contribution in [0.1, 0.15) is 12.5 Å². The molecule has 1 aromatic carbocycles. The molecule has 0 amide bonds. The summed E-state index contributed by atoms with van der Waals surface area (Å²) in [7, 11) is 1.63. The molecule has 0 spiro atoms. The molecule has 19 heavy (non-hydrogen) atoms. The summed E-state index contributed by atoms with van der Waals surface area (Å²) in [6.07, 6.45) is -0.551. The first-order valence-corrected chi connectivity index (χ1v) is 7.11. The predicted molar refractivity (Wildman–Crippen MR) is 80.7 cm³/mol. The van der Waals surface area contributed by atoms with Crippen LogP contribution in [-0.2, 0) is 9.47 Å². The highest BCUT2D eigenvalue weighted by atomic mass is 79.9. The van der Waals surface area contributed by atoms with E-state index in [-0.39, 0.29) is 6.10 Å². The number of anilines is 1. The molecule has 0 radical (unpaired) electrons. The number of halogens is 1. The normalized spacial score (nSPS) is 14.2. The lowest BCUT2D eigenvalue weighted by Crippen LogP contribution is -2.28. The minimum atomic E-state index is -0.544. The minimum Gasteiger partial charge on any atom is -0.389 e. The van der Waals surface area contributed by atoms with Gasteiger partial charge in [-0.15, -0.1) is 0 Å². The summed E-state index contributed by atoms with van der Waals surface area (Å²) in [5.41, 5.74) is 2.16. The first kappa shape index (κ1) is 16.4. The van der Waals surface area contributed by atoms with Crippen LogP contribution in [0, 0.1) is 6.92 Å². The van der Waals surface area contributed by atoms with E-state index in [1.54, 1.807) is 7.11 Å². The van der Waals surface area contributed by atoms with Gasteiger partial charge in [0.15, 0.2) is 0 Å². The maximum atomic E-state index is 9.85. The zero-order chi connectivity index (χ0) is 14.3. The second-order valence-corrected chi connectivity index (χ2v) is 5.51. The van der Waals surface area contributed by atoms with Crippen molar-refractivity contribution in [3.05, 3.63) is 28.2 Å². The van der Waals surface area contributed by atoms with Gasteiger partial charge >= 0.3 is 0 Å². The monoisotopic (exact) mass is 331 g/mol. The molecule has 1 rings (SSSR count). The molecule has 5 heteroatoms. The molecule has 0 aromatic heterocycles. The van der Waals surface area contributed by atoms with Crippen molar-refractivity contribution >= 4 is 21.6 Å². The van der Waals surface area contributed by atoms with Gasteiger partial charge in [0.1, 0.15) is 0 Å². The predicted octanol–water partition coefficient (Wildman–Crippen LogP) is 2.58. The molecule has 0 aliphatic carbocycles. The number of methoxy groups -OCH3 is 1. The van der Waals surface area contributed by atoms with Crippen LogP contribution in [0.3, 0.4) is 0 Å². The highest BCUT2D eigenvalue weighted by Crippen LogP contribution is 2.20. The Morgan fingerprint density at radius 1 is 1.37 bits per heavy atom. The van der Waals surface area contributed by atoms with E-state index < -0.39 is 6.10 Å². The van der Waals surface area contributed by atoms with E-state index in [1.807, 2.05) is 32.0 Å². The van der Waals surface area contributed by atoms with Crippen LogP contribution in [-0.4, -0.2) is 44.2 Å². The van der Waals surface area contributed by atoms with Crippen LogP contribution < -0.4 is 5.32 Å². The van der Waals surface area contributed by atoms with Crippen molar-refractivity contribution in [2.24, 2.45) is 0 Å². The van der Waals surface area contributed by atoms with Gasteiger partial charge in [-0.25, -0.2) is 0 Å². The van der Waals surface area contributed by atoms with E-state index in [1.165, 1.54) is 0 Å². The van der Waals surface area contributed by atoms with Gasteiger partial charge in [-0.1, -0.05) is 22.0 Å². The fourth-order valence-electron chi connectivity index (χ4n) is 1.63. The minimum absolute atomic E-state index is 0.00717. The molecule has 0 aliphatic heterocycles. The highest BCUT2D eigenvalue weighted by Gasteiger charge is 2.08. The molecule has 0 fully saturated rings. The number of benzene rings is 1. The van der Waals surface area contributed by atoms with Crippen LogP contribution in [0.25, 0.3) is 0 Å². The summed E-state index contributed by atoms with van der Waals surface area (Å²) in [6, 6.07) is 6.01. The Balaban J connectivity index is 2.33. The third kappa shape index (κ3) is 6.38. The second kappa shape index (κ2) is 8.53. The highest BCUT2D eigenvalue weighted by molar-refractivity contribution is 9.10. The van der Waals surface area contributed by atoms with Gasteiger partial charge in [0.2, 0.25) is 0 Å². The van der Waals surface area contributed by atoms with Crippen molar-refractivity contribution < 1.29 is 14.6 Å². The van der Waals surface area contributed by atoms with Crippen molar-refractivity contribution in [1.82, 2.24) is 0 Å². The zero-order valence-corrected chi connectivity index (χ0v) is 13.2. The molecule has 0 heterocycles. The molecular formula is C14H22BrNO3. The third-order valence-electron chi connectivity index (χ3n) is 2.70. The van der Waals surface area contributed by atoms with Gasteiger partial charge in [-0.05, 0) is 31.5 Å². The molecule has 1 aromatic rings. The number of nitrogens with one attached hydrogen (secondary N) is 1. The Kier molecular flexibility index (Phi) is 7.38. The summed E-state index contributed by atoms with van der Waals surface area (Å²) in [4.78, 5) is 0. The third-order valence-corrected chi connectivity index (χ3v) is 3.20. The quantitative estimate of drug-likeness (QED) is 0.768. The lowest BCUT2D eigenvalue weighted by atomic mass is 10.2. The van der Waals surface area contributed by atoms with Crippen LogP contribution in [0.15, 0.2) is 22.7 Å². The molecule has 0 saturated heterocycles. The van der Waals surface area contributed by atoms with Crippen LogP contribution >= 0.6 is 15.9 Å². The maximum Gasteiger partial charge on any atom is 0.0945 e. The number of ether oxygens (including phenoxy) is 2. The zero-order valence-electron chi connectivity index (χ0n) is 11.6. The van der Waals surface area contributed by atoms with Crippen LogP contribution in [0.5, 0.6) is 0 Å². The number of aryl methyl sites for hydroxylation is 1. The van der Waals surface area contributed by atoms with Gasteiger partial charge in [-0.3, -0.25) is 0 Å². The average Bonchev–Trinajstić information content (AvgIpc) is 2.38. The van der Waals surface area contributed by atoms with E-state index in [9.17, 15) is 5.11 Å². The molecule has 2 unspecified atom stereocenters. The molecule has 0 aliphatic rings. The smallest absolute Gasteiger partial charge is 0.0945 e. The van der Waals surface area contributed by atoms with Crippen molar-refractivity contribution in [2.75, 3.05) is 32.2 Å². The van der Waals surface area contributed by atoms with Crippen molar-refractivity contribution in [1.29, 1.82) is 0 Å². The number of hydrogen-bond donors (Lipinski definition) is 2. The number of aliphatic hydroxyl groups excluding tert-OH is 1. The average molecular weight is 332 g/mol. The topological polar surface area (TPSA) is 50.7 Å². The standard InChI is InChI=1S/C14H22BrNO3/c1-10-4-5-12(15)6-14(10)16-7-13(17)9-19-11(2)8-18-3/h4-6,11,13,16-17H,7-9H2,1-3H3. The van der Waals surface area contributed by atoms with Gasteiger partial charge < -0.3 is 19.9 Å². The number of hydrogen-bond acceptors (Lipinski definition) is 4. The van der Waals surface area contributed by atoms with Gasteiger partial charge in [0, 0.05) is 23.8 Å². The lowest BCUT2D eigenvalue weighted by Gasteiger charge is -2.17. The SMILES string of the molecule is COCC(C)OCC(O)CNc1cc(Br)ccc1C. The maximum absolute atomic E-state index is 9.85. The summed E-state index contributed by atoms with van der Waals surface area (Å²) >= 11 is 3.43. The summed E-state index contributed by atoms with van der Waals surface area (Å²) < 4.78 is 11.4. The molecule has 0 bridgehead atoms. The van der Waals surface area contributed by atoms with Crippen molar-refractivity contribution in [3.8, 4) is 0 Å². The van der Waals surface area contributed by atoms with Gasteiger partial charge in [0.25, 0.3) is 0 Å². The van der Waals surface area contributed by atoms with E-state index in [2.05, 4.69) is 21.2 Å². The molecule has 2 N–H and O–H groups in total. The summed E-state index contributed by atoms with van der Waals surface area (Å²) in [6.45, 7) is 5.23. The molecule has 108 valence electrons. The fraction of sp³-hybridized carbons (Fsp3) is 0.571. The number of aliphatic hydroxyl groups is 1. The molecule has 0 saturated carbocycles. The Morgan fingerprint density at radius 3 is 2.79 bits per heavy atom. The Labute approximate surface area is 123 Å². The first-order valence-electron chi connectivity index (χ1n) is 6.31. The van der Waals surface area contributed by atoms with Crippen molar-refractivity contribution in [3.63, 3.8) is 0 Å². The molecule has 2 atom stereocenters. The number of rotatable bonds is 8. The second-order valence-electron chi connectivity index (χ2n) is 4.59. The van der Waals surface area contributed by atoms with E-state index >= 15 is 0 Å². The largest absolute Gasteiger partial charge is 0.389 e. The van der Waals surface area contributed by atoms with Gasteiger partial charge in [-0.2, -0.15) is 0 Å². The Morgan fingerprint density at radius 2 is 2.11 bits per heavy atom. The fourth-order valence-corrected chi connectivity index (χ4v) is 1.99. The Bertz CT molecular complexity index is 387. The Hall–Kier alpha value is -0.620. The van der Waals surface area contributed by atoms with E-state index in [0.717, 1.165) is 15.7 Å². The van der Waals surface area contributed by atoms with Crippen LogP contribution in [0.4, 0.5) is 5.69 Å². The molecule has 4 nitrogen and oxygen atoms in total. The molecular weight excluding hydrogens is 310 g/mol. The first-order chi connectivity index (χ1) is 9.02. The van der Waals surface area contributed by atoms with E-state index in [4.69, 9.17) is 9.47 Å². The lowest BCUT2D eigenvalue weighted by molar-refractivity contribution is -0.0282. The summed E-state index contributed by atoms with van der Waals surface area (Å²) in [5.74, 6) is 0. The van der Waals surface area contributed by atoms with Crippen molar-refractivity contribution in [2.45, 2.75) is 26.1 Å². The summed E-state index contributed by atoms with van der Waals surface area (Å²) in [5, 5.41) is 13.1. The van der Waals surface area contributed by atoms with Gasteiger partial charge in [0.05, 0.1) is 25.4 Å². The van der Waals surface area contributed by atoms with E-state index in [0.29, 0.717) is 19.8 Å². The van der Waals surface area contributed by atoms with Crippen LogP contribution in [0.2, 0.25) is 0 Å².